The fourth-order valence-electron chi connectivity index (χ4n) is 2.89. The van der Waals surface area contributed by atoms with Crippen molar-refractivity contribution in [2.24, 2.45) is 5.92 Å². The molecular weight excluding hydrogens is 196 g/mol. The van der Waals surface area contributed by atoms with E-state index in [1.54, 1.807) is 0 Å². The molecule has 2 aliphatic carbocycles. The molecule has 2 fully saturated rings. The van der Waals surface area contributed by atoms with Gasteiger partial charge in [-0.15, -0.1) is 0 Å². The van der Waals surface area contributed by atoms with Crippen LogP contribution in [0.1, 0.15) is 38.2 Å². The van der Waals surface area contributed by atoms with E-state index in [9.17, 15) is 0 Å². The van der Waals surface area contributed by atoms with Crippen LogP contribution in [0.5, 0.6) is 0 Å². The minimum Gasteiger partial charge on any atom is -0.313 e. The van der Waals surface area contributed by atoms with Crippen molar-refractivity contribution in [2.45, 2.75) is 44.1 Å². The molecule has 2 heteroatoms. The number of nitrogens with one attached hydrogen (secondary N) is 1. The van der Waals surface area contributed by atoms with Gasteiger partial charge in [-0.3, -0.25) is 4.98 Å². The SMILES string of the molecule is CCC1CC1(CNC1CC1)c1ccncc1. The summed E-state index contributed by atoms with van der Waals surface area (Å²) in [4.78, 5) is 4.12. The molecule has 0 saturated heterocycles. The maximum Gasteiger partial charge on any atom is 0.0270 e. The summed E-state index contributed by atoms with van der Waals surface area (Å²) in [6.07, 6.45) is 9.27. The minimum absolute atomic E-state index is 0.431. The van der Waals surface area contributed by atoms with Crippen LogP contribution in [0.4, 0.5) is 0 Å². The lowest BCUT2D eigenvalue weighted by molar-refractivity contribution is 0.521. The van der Waals surface area contributed by atoms with Crippen LogP contribution in [0.25, 0.3) is 0 Å². The molecule has 2 atom stereocenters. The van der Waals surface area contributed by atoms with Crippen LogP contribution < -0.4 is 5.32 Å². The lowest BCUT2D eigenvalue weighted by atomic mass is 9.93. The van der Waals surface area contributed by atoms with Crippen LogP contribution in [0, 0.1) is 5.92 Å². The van der Waals surface area contributed by atoms with Gasteiger partial charge in [-0.1, -0.05) is 13.3 Å². The fourth-order valence-corrected chi connectivity index (χ4v) is 2.89. The number of pyridine rings is 1. The maximum absolute atomic E-state index is 4.12. The molecule has 0 bridgehead atoms. The molecular formula is C14H20N2. The normalized spacial score (nSPS) is 32.7. The fraction of sp³-hybridized carbons (Fsp3) is 0.643. The highest BCUT2D eigenvalue weighted by Crippen LogP contribution is 2.55. The Morgan fingerprint density at radius 2 is 2.12 bits per heavy atom. The quantitative estimate of drug-likeness (QED) is 0.818. The summed E-state index contributed by atoms with van der Waals surface area (Å²) in [5.74, 6) is 0.876. The van der Waals surface area contributed by atoms with Gasteiger partial charge in [-0.2, -0.15) is 0 Å². The van der Waals surface area contributed by atoms with Crippen LogP contribution in [0.15, 0.2) is 24.5 Å². The van der Waals surface area contributed by atoms with Crippen LogP contribution >= 0.6 is 0 Å². The van der Waals surface area contributed by atoms with Gasteiger partial charge in [-0.05, 0) is 42.9 Å². The van der Waals surface area contributed by atoms with E-state index >= 15 is 0 Å². The van der Waals surface area contributed by atoms with Crippen molar-refractivity contribution in [3.63, 3.8) is 0 Å². The van der Waals surface area contributed by atoms with E-state index in [-0.39, 0.29) is 0 Å². The van der Waals surface area contributed by atoms with Crippen molar-refractivity contribution in [1.82, 2.24) is 10.3 Å². The largest absolute Gasteiger partial charge is 0.313 e. The topological polar surface area (TPSA) is 24.9 Å². The van der Waals surface area contributed by atoms with Gasteiger partial charge in [0.05, 0.1) is 0 Å². The second-order valence-electron chi connectivity index (χ2n) is 5.36. The first kappa shape index (κ1) is 10.3. The summed E-state index contributed by atoms with van der Waals surface area (Å²) in [6.45, 7) is 3.48. The average molecular weight is 216 g/mol. The highest BCUT2D eigenvalue weighted by atomic mass is 15.0. The molecule has 2 aliphatic rings. The monoisotopic (exact) mass is 216 g/mol. The second kappa shape index (κ2) is 3.85. The zero-order chi connectivity index (χ0) is 11.0. The molecule has 2 nitrogen and oxygen atoms in total. The third-order valence-corrected chi connectivity index (χ3v) is 4.26. The Hall–Kier alpha value is -0.890. The van der Waals surface area contributed by atoms with Crippen molar-refractivity contribution in [3.05, 3.63) is 30.1 Å². The predicted molar refractivity (Wildman–Crippen MR) is 65.3 cm³/mol. The molecule has 0 aromatic carbocycles. The van der Waals surface area contributed by atoms with Gasteiger partial charge in [0.25, 0.3) is 0 Å². The molecule has 0 aliphatic heterocycles. The molecule has 3 rings (SSSR count). The average Bonchev–Trinajstić information content (AvgIpc) is 3.23. The van der Waals surface area contributed by atoms with Gasteiger partial charge in [0.15, 0.2) is 0 Å². The molecule has 1 aromatic rings. The number of aromatic nitrogens is 1. The Morgan fingerprint density at radius 3 is 2.69 bits per heavy atom. The lowest BCUT2D eigenvalue weighted by Crippen LogP contribution is -2.30. The Morgan fingerprint density at radius 1 is 1.38 bits per heavy atom. The van der Waals surface area contributed by atoms with Crippen LogP contribution in [-0.2, 0) is 5.41 Å². The van der Waals surface area contributed by atoms with E-state index in [0.29, 0.717) is 5.41 Å². The first-order chi connectivity index (χ1) is 7.85. The van der Waals surface area contributed by atoms with Crippen molar-refractivity contribution in [2.75, 3.05) is 6.54 Å². The zero-order valence-electron chi connectivity index (χ0n) is 9.95. The van der Waals surface area contributed by atoms with Crippen LogP contribution in [-0.4, -0.2) is 17.6 Å². The standard InChI is InChI=1S/C14H20N2/c1-2-11-9-14(11,10-16-13-3-4-13)12-5-7-15-8-6-12/h5-8,11,13,16H,2-4,9-10H2,1H3. The Balaban J connectivity index is 1.75. The highest BCUT2D eigenvalue weighted by Gasteiger charge is 2.53. The second-order valence-corrected chi connectivity index (χ2v) is 5.36. The van der Waals surface area contributed by atoms with Crippen LogP contribution in [0.2, 0.25) is 0 Å². The third-order valence-electron chi connectivity index (χ3n) is 4.26. The molecule has 0 amide bonds. The van der Waals surface area contributed by atoms with Gasteiger partial charge >= 0.3 is 0 Å². The predicted octanol–water partition coefficient (Wildman–Crippen LogP) is 2.50. The summed E-state index contributed by atoms with van der Waals surface area (Å²) in [7, 11) is 0. The van der Waals surface area contributed by atoms with E-state index in [2.05, 4.69) is 29.4 Å². The number of nitrogens with zero attached hydrogens (tertiary/aromatic N) is 1. The molecule has 86 valence electrons. The van der Waals surface area contributed by atoms with Crippen molar-refractivity contribution in [3.8, 4) is 0 Å². The van der Waals surface area contributed by atoms with E-state index in [1.807, 2.05) is 12.4 Å². The van der Waals surface area contributed by atoms with Gasteiger partial charge in [0.1, 0.15) is 0 Å². The molecule has 0 radical (unpaired) electrons. The summed E-state index contributed by atoms with van der Waals surface area (Å²) in [6, 6.07) is 5.21. The third kappa shape index (κ3) is 1.75. The maximum atomic E-state index is 4.12. The highest BCUT2D eigenvalue weighted by molar-refractivity contribution is 5.33. The van der Waals surface area contributed by atoms with Gasteiger partial charge in [0, 0.05) is 30.4 Å². The van der Waals surface area contributed by atoms with Crippen molar-refractivity contribution in [1.29, 1.82) is 0 Å². The zero-order valence-corrected chi connectivity index (χ0v) is 9.95. The Kier molecular flexibility index (Phi) is 2.47. The van der Waals surface area contributed by atoms with E-state index in [1.165, 1.54) is 37.8 Å². The van der Waals surface area contributed by atoms with Gasteiger partial charge < -0.3 is 5.32 Å². The van der Waals surface area contributed by atoms with E-state index in [4.69, 9.17) is 0 Å². The van der Waals surface area contributed by atoms with Crippen molar-refractivity contribution >= 4 is 0 Å². The minimum atomic E-state index is 0.431. The summed E-state index contributed by atoms with van der Waals surface area (Å²) < 4.78 is 0. The van der Waals surface area contributed by atoms with Gasteiger partial charge in [0.2, 0.25) is 0 Å². The number of rotatable bonds is 5. The first-order valence-corrected chi connectivity index (χ1v) is 6.49. The number of hydrogen-bond donors (Lipinski definition) is 1. The smallest absolute Gasteiger partial charge is 0.0270 e. The summed E-state index contributed by atoms with van der Waals surface area (Å²) >= 11 is 0. The first-order valence-electron chi connectivity index (χ1n) is 6.49. The summed E-state index contributed by atoms with van der Waals surface area (Å²) in [5.41, 5.74) is 1.92. The van der Waals surface area contributed by atoms with Gasteiger partial charge in [-0.25, -0.2) is 0 Å². The molecule has 2 unspecified atom stereocenters. The molecule has 0 spiro atoms. The van der Waals surface area contributed by atoms with E-state index < -0.39 is 0 Å². The van der Waals surface area contributed by atoms with Crippen LogP contribution in [0.3, 0.4) is 0 Å². The Labute approximate surface area is 97.5 Å². The molecule has 1 N–H and O–H groups in total. The molecule has 16 heavy (non-hydrogen) atoms. The van der Waals surface area contributed by atoms with Crippen molar-refractivity contribution < 1.29 is 0 Å². The Bertz CT molecular complexity index is 358. The summed E-state index contributed by atoms with van der Waals surface area (Å²) in [5, 5.41) is 3.70. The lowest BCUT2D eigenvalue weighted by Gasteiger charge is -2.18. The number of hydrogen-bond acceptors (Lipinski definition) is 2. The molecule has 2 saturated carbocycles. The van der Waals surface area contributed by atoms with E-state index in [0.717, 1.165) is 12.0 Å². The molecule has 1 aromatic heterocycles. The molecule has 1 heterocycles.